The number of hydrogen-bond acceptors (Lipinski definition) is 2. The normalized spacial score (nSPS) is 46.1. The average molecular weight is 373 g/mol. The van der Waals surface area contributed by atoms with E-state index in [0.717, 1.165) is 19.3 Å². The van der Waals surface area contributed by atoms with Crippen LogP contribution in [0.15, 0.2) is 12.2 Å². The fourth-order valence-electron chi connectivity index (χ4n) is 7.22. The first-order valence-electron chi connectivity index (χ1n) is 10.9. The molecule has 2 amide bonds. The predicted molar refractivity (Wildman–Crippen MR) is 107 cm³/mol. The van der Waals surface area contributed by atoms with E-state index >= 15 is 0 Å². The van der Waals surface area contributed by atoms with E-state index in [1.807, 2.05) is 0 Å². The molecule has 0 radical (unpaired) electrons. The van der Waals surface area contributed by atoms with Crippen LogP contribution in [0.1, 0.15) is 73.1 Å². The van der Waals surface area contributed by atoms with Gasteiger partial charge >= 0.3 is 0 Å². The Kier molecular flexibility index (Phi) is 4.29. The van der Waals surface area contributed by atoms with Crippen molar-refractivity contribution in [1.29, 1.82) is 0 Å². The van der Waals surface area contributed by atoms with Gasteiger partial charge < -0.3 is 10.6 Å². The van der Waals surface area contributed by atoms with Crippen LogP contribution in [0.5, 0.6) is 0 Å². The molecule has 0 aromatic heterocycles. The predicted octanol–water partition coefficient (Wildman–Crippen LogP) is 3.81. The summed E-state index contributed by atoms with van der Waals surface area (Å²) in [5, 5.41) is 6.48. The highest BCUT2D eigenvalue weighted by Crippen LogP contribution is 2.65. The van der Waals surface area contributed by atoms with Crippen molar-refractivity contribution in [2.75, 3.05) is 0 Å². The number of carbonyl (C=O) groups excluding carboxylic acids is 2. The van der Waals surface area contributed by atoms with Gasteiger partial charge in [0.1, 0.15) is 0 Å². The van der Waals surface area contributed by atoms with Gasteiger partial charge in [0.25, 0.3) is 0 Å². The van der Waals surface area contributed by atoms with Crippen molar-refractivity contribution < 1.29 is 9.59 Å². The molecule has 0 saturated heterocycles. The molecule has 27 heavy (non-hydrogen) atoms. The second kappa shape index (κ2) is 6.09. The molecule has 0 aromatic rings. The highest BCUT2D eigenvalue weighted by atomic mass is 16.2. The molecule has 4 nitrogen and oxygen atoms in total. The first-order valence-corrected chi connectivity index (χ1v) is 10.9. The SMILES string of the molecule is CC(C)(C)NC(=O)[C@H]1CC[C@H]2[C@H]3CC[C@H]4NC(=O)C=C[C@]4(C)[C@@H]3CC[C@]12C. The fourth-order valence-corrected chi connectivity index (χ4v) is 7.22. The lowest BCUT2D eigenvalue weighted by Crippen LogP contribution is -2.59. The lowest BCUT2D eigenvalue weighted by atomic mass is 9.48. The van der Waals surface area contributed by atoms with E-state index in [-0.39, 0.29) is 40.1 Å². The van der Waals surface area contributed by atoms with E-state index in [9.17, 15) is 9.59 Å². The Balaban J connectivity index is 1.58. The molecule has 4 rings (SSSR count). The van der Waals surface area contributed by atoms with Gasteiger partial charge in [0.2, 0.25) is 11.8 Å². The average Bonchev–Trinajstić information content (AvgIpc) is 2.91. The zero-order valence-corrected chi connectivity index (χ0v) is 17.6. The lowest BCUT2D eigenvalue weighted by Gasteiger charge is -2.58. The summed E-state index contributed by atoms with van der Waals surface area (Å²) in [7, 11) is 0. The third-order valence-corrected chi connectivity index (χ3v) is 8.50. The molecule has 150 valence electrons. The van der Waals surface area contributed by atoms with Crippen molar-refractivity contribution in [2.45, 2.75) is 84.7 Å². The van der Waals surface area contributed by atoms with Crippen molar-refractivity contribution >= 4 is 11.8 Å². The monoisotopic (exact) mass is 372 g/mol. The Morgan fingerprint density at radius 1 is 1.11 bits per heavy atom. The first kappa shape index (κ1) is 19.0. The van der Waals surface area contributed by atoms with Crippen LogP contribution in [0.2, 0.25) is 0 Å². The molecule has 7 atom stereocenters. The van der Waals surface area contributed by atoms with Crippen LogP contribution < -0.4 is 10.6 Å². The first-order chi connectivity index (χ1) is 12.5. The van der Waals surface area contributed by atoms with E-state index in [0.29, 0.717) is 17.8 Å². The zero-order chi connectivity index (χ0) is 19.6. The Morgan fingerprint density at radius 3 is 2.56 bits per heavy atom. The maximum Gasteiger partial charge on any atom is 0.243 e. The molecule has 4 aliphatic rings. The Hall–Kier alpha value is -1.32. The molecule has 3 saturated carbocycles. The quantitative estimate of drug-likeness (QED) is 0.735. The smallest absolute Gasteiger partial charge is 0.243 e. The summed E-state index contributed by atoms with van der Waals surface area (Å²) in [6, 6.07) is 0.280. The number of rotatable bonds is 1. The van der Waals surface area contributed by atoms with Gasteiger partial charge in [-0.15, -0.1) is 0 Å². The summed E-state index contributed by atoms with van der Waals surface area (Å²) in [5.41, 5.74) is 0.0323. The van der Waals surface area contributed by atoms with Gasteiger partial charge in [0.05, 0.1) is 0 Å². The molecule has 3 fully saturated rings. The molecule has 0 spiro atoms. The summed E-state index contributed by atoms with van der Waals surface area (Å²) < 4.78 is 0. The standard InChI is InChI=1S/C23H36N2O2/c1-21(2,3)25-20(27)17-8-7-15-14-6-9-18-23(5,13-11-19(26)24-18)16(14)10-12-22(15,17)4/h11,13-18H,6-10,12H2,1-5H3,(H,24,26)(H,25,27)/t14-,15+,16-,17-,18-,22+,23-/m1/s1. The van der Waals surface area contributed by atoms with Crippen molar-refractivity contribution in [3.63, 3.8) is 0 Å². The molecule has 0 aromatic carbocycles. The second-order valence-electron chi connectivity index (χ2n) is 11.1. The molecule has 0 bridgehead atoms. The van der Waals surface area contributed by atoms with Gasteiger partial charge in [0.15, 0.2) is 0 Å². The molecule has 1 heterocycles. The lowest BCUT2D eigenvalue weighted by molar-refractivity contribution is -0.135. The summed E-state index contributed by atoms with van der Waals surface area (Å²) in [6.07, 6.45) is 10.7. The van der Waals surface area contributed by atoms with E-state index in [1.54, 1.807) is 6.08 Å². The van der Waals surface area contributed by atoms with Gasteiger partial charge in [-0.05, 0) is 88.5 Å². The summed E-state index contributed by atoms with van der Waals surface area (Å²) in [5.74, 6) is 2.41. The van der Waals surface area contributed by atoms with Crippen LogP contribution in [0, 0.1) is 34.5 Å². The Labute approximate surface area is 163 Å². The highest BCUT2D eigenvalue weighted by molar-refractivity contribution is 5.89. The number of carbonyl (C=O) groups is 2. The van der Waals surface area contributed by atoms with Crippen LogP contribution in [0.4, 0.5) is 0 Å². The van der Waals surface area contributed by atoms with Gasteiger partial charge in [-0.3, -0.25) is 9.59 Å². The molecule has 1 aliphatic heterocycles. The van der Waals surface area contributed by atoms with Crippen LogP contribution in [-0.4, -0.2) is 23.4 Å². The molecular formula is C23H36N2O2. The van der Waals surface area contributed by atoms with Gasteiger partial charge in [0, 0.05) is 22.9 Å². The van der Waals surface area contributed by atoms with Gasteiger partial charge in [-0.2, -0.15) is 0 Å². The highest BCUT2D eigenvalue weighted by Gasteiger charge is 2.60. The van der Waals surface area contributed by atoms with Crippen LogP contribution in [-0.2, 0) is 9.59 Å². The van der Waals surface area contributed by atoms with Crippen molar-refractivity contribution in [2.24, 2.45) is 34.5 Å². The van der Waals surface area contributed by atoms with Gasteiger partial charge in [-0.1, -0.05) is 19.9 Å². The van der Waals surface area contributed by atoms with Crippen LogP contribution in [0.3, 0.4) is 0 Å². The second-order valence-corrected chi connectivity index (χ2v) is 11.1. The Morgan fingerprint density at radius 2 is 1.85 bits per heavy atom. The number of fused-ring (bicyclic) bond motifs is 5. The van der Waals surface area contributed by atoms with E-state index in [2.05, 4.69) is 51.3 Å². The van der Waals surface area contributed by atoms with E-state index in [4.69, 9.17) is 0 Å². The van der Waals surface area contributed by atoms with Crippen molar-refractivity contribution in [1.82, 2.24) is 10.6 Å². The third-order valence-electron chi connectivity index (χ3n) is 8.50. The Bertz CT molecular complexity index is 678. The maximum absolute atomic E-state index is 13.0. The van der Waals surface area contributed by atoms with E-state index < -0.39 is 0 Å². The largest absolute Gasteiger partial charge is 0.351 e. The van der Waals surface area contributed by atoms with Crippen molar-refractivity contribution in [3.05, 3.63) is 12.2 Å². The minimum Gasteiger partial charge on any atom is -0.351 e. The molecule has 2 N–H and O–H groups in total. The summed E-state index contributed by atoms with van der Waals surface area (Å²) >= 11 is 0. The number of nitrogens with one attached hydrogen (secondary N) is 2. The zero-order valence-electron chi connectivity index (χ0n) is 17.6. The van der Waals surface area contributed by atoms with Crippen LogP contribution >= 0.6 is 0 Å². The number of hydrogen-bond donors (Lipinski definition) is 2. The van der Waals surface area contributed by atoms with E-state index in [1.165, 1.54) is 19.3 Å². The number of amides is 2. The minimum atomic E-state index is -0.167. The third kappa shape index (κ3) is 2.94. The summed E-state index contributed by atoms with van der Waals surface area (Å²) in [6.45, 7) is 11.0. The molecule has 4 heteroatoms. The molecule has 3 aliphatic carbocycles. The van der Waals surface area contributed by atoms with Crippen LogP contribution in [0.25, 0.3) is 0 Å². The fraction of sp³-hybridized carbons (Fsp3) is 0.826. The molecular weight excluding hydrogens is 336 g/mol. The minimum absolute atomic E-state index is 0.0661. The van der Waals surface area contributed by atoms with Gasteiger partial charge in [-0.25, -0.2) is 0 Å². The molecule has 0 unspecified atom stereocenters. The summed E-state index contributed by atoms with van der Waals surface area (Å²) in [4.78, 5) is 24.9. The maximum atomic E-state index is 13.0. The van der Waals surface area contributed by atoms with Crippen molar-refractivity contribution in [3.8, 4) is 0 Å². The topological polar surface area (TPSA) is 58.2 Å².